The van der Waals surface area contributed by atoms with Crippen molar-refractivity contribution in [3.05, 3.63) is 24.2 Å². The van der Waals surface area contributed by atoms with E-state index < -0.39 is 0 Å². The summed E-state index contributed by atoms with van der Waals surface area (Å²) in [7, 11) is 0. The SMILES string of the molecule is C=[C]C(=C(N(CCC)CCC)N(CCC)CCC)N(CCC)CCC. The van der Waals surface area contributed by atoms with Gasteiger partial charge in [0.15, 0.2) is 0 Å². The van der Waals surface area contributed by atoms with Crippen LogP contribution in [-0.2, 0) is 0 Å². The molecule has 0 atom stereocenters. The molecule has 0 saturated carbocycles. The molecule has 0 N–H and O–H groups in total. The van der Waals surface area contributed by atoms with E-state index in [1.165, 1.54) is 37.2 Å². The number of nitrogens with zero attached hydrogens (tertiary/aromatic N) is 3. The van der Waals surface area contributed by atoms with Crippen LogP contribution >= 0.6 is 0 Å². The molecule has 25 heavy (non-hydrogen) atoms. The Hall–Kier alpha value is -1.12. The number of hydrogen-bond donors (Lipinski definition) is 0. The molecule has 0 aromatic carbocycles. The van der Waals surface area contributed by atoms with Crippen LogP contribution in [0.25, 0.3) is 0 Å². The van der Waals surface area contributed by atoms with Gasteiger partial charge in [-0.15, -0.1) is 0 Å². The molecule has 0 aromatic rings. The normalized spacial score (nSPS) is 10.5. The van der Waals surface area contributed by atoms with E-state index in [-0.39, 0.29) is 0 Å². The molecule has 0 aliphatic rings. The molecule has 147 valence electrons. The molecule has 3 nitrogen and oxygen atoms in total. The van der Waals surface area contributed by atoms with Gasteiger partial charge in [0.2, 0.25) is 0 Å². The lowest BCUT2D eigenvalue weighted by molar-refractivity contribution is 0.188. The van der Waals surface area contributed by atoms with Gasteiger partial charge in [-0.25, -0.2) is 0 Å². The van der Waals surface area contributed by atoms with Crippen molar-refractivity contribution in [2.24, 2.45) is 0 Å². The molecule has 0 aliphatic heterocycles. The van der Waals surface area contributed by atoms with Crippen LogP contribution in [0.1, 0.15) is 80.1 Å². The van der Waals surface area contributed by atoms with E-state index in [2.05, 4.69) is 68.9 Å². The second-order valence-corrected chi connectivity index (χ2v) is 6.81. The van der Waals surface area contributed by atoms with Crippen LogP contribution in [0.5, 0.6) is 0 Å². The van der Waals surface area contributed by atoms with Crippen molar-refractivity contribution in [1.29, 1.82) is 0 Å². The zero-order valence-corrected chi connectivity index (χ0v) is 18.0. The second-order valence-electron chi connectivity index (χ2n) is 6.81. The van der Waals surface area contributed by atoms with Gasteiger partial charge in [0.1, 0.15) is 5.82 Å². The maximum absolute atomic E-state index is 4.09. The summed E-state index contributed by atoms with van der Waals surface area (Å²) in [5.74, 6) is 1.37. The van der Waals surface area contributed by atoms with Gasteiger partial charge in [-0.1, -0.05) is 48.1 Å². The van der Waals surface area contributed by atoms with Crippen molar-refractivity contribution in [3.8, 4) is 0 Å². The highest BCUT2D eigenvalue weighted by Crippen LogP contribution is 2.22. The Bertz CT molecular complexity index is 326. The summed E-state index contributed by atoms with van der Waals surface area (Å²) >= 11 is 0. The molecule has 0 saturated heterocycles. The van der Waals surface area contributed by atoms with Crippen molar-refractivity contribution in [2.75, 3.05) is 39.3 Å². The van der Waals surface area contributed by atoms with E-state index in [9.17, 15) is 0 Å². The first-order valence-corrected chi connectivity index (χ1v) is 10.7. The largest absolute Gasteiger partial charge is 0.368 e. The fourth-order valence-electron chi connectivity index (χ4n) is 3.43. The van der Waals surface area contributed by atoms with E-state index >= 15 is 0 Å². The second kappa shape index (κ2) is 15.2. The highest BCUT2D eigenvalue weighted by Gasteiger charge is 2.22. The average Bonchev–Trinajstić information content (AvgIpc) is 2.59. The molecule has 0 spiro atoms. The Labute approximate surface area is 158 Å². The standard InChI is InChI=1S/C22H44N3/c1-8-15-23(16-9-2)21(14-7)22(24(17-10-3)18-11-4)25(19-12-5)20-13-6/h7-13,15-20H2,1-6H3. The van der Waals surface area contributed by atoms with Gasteiger partial charge in [0.25, 0.3) is 0 Å². The third-order valence-corrected chi connectivity index (χ3v) is 4.26. The summed E-state index contributed by atoms with van der Waals surface area (Å²) in [6, 6.07) is 0. The Kier molecular flexibility index (Phi) is 14.5. The molecule has 3 heteroatoms. The van der Waals surface area contributed by atoms with E-state index in [1.54, 1.807) is 0 Å². The Morgan fingerprint density at radius 2 is 0.840 bits per heavy atom. The lowest BCUT2D eigenvalue weighted by Crippen LogP contribution is -2.41. The third kappa shape index (κ3) is 8.20. The van der Waals surface area contributed by atoms with E-state index in [4.69, 9.17) is 0 Å². The molecule has 0 aromatic heterocycles. The van der Waals surface area contributed by atoms with Crippen LogP contribution in [0, 0.1) is 6.08 Å². The van der Waals surface area contributed by atoms with Crippen molar-refractivity contribution in [1.82, 2.24) is 14.7 Å². The smallest absolute Gasteiger partial charge is 0.129 e. The highest BCUT2D eigenvalue weighted by atomic mass is 15.3. The van der Waals surface area contributed by atoms with Crippen LogP contribution in [0.3, 0.4) is 0 Å². The first-order chi connectivity index (χ1) is 12.1. The topological polar surface area (TPSA) is 9.72 Å². The summed E-state index contributed by atoms with van der Waals surface area (Å²) < 4.78 is 0. The minimum Gasteiger partial charge on any atom is -0.368 e. The molecule has 0 heterocycles. The maximum Gasteiger partial charge on any atom is 0.129 e. The van der Waals surface area contributed by atoms with Crippen LogP contribution in [0.2, 0.25) is 0 Å². The van der Waals surface area contributed by atoms with Crippen LogP contribution in [-0.4, -0.2) is 54.0 Å². The Morgan fingerprint density at radius 1 is 0.560 bits per heavy atom. The molecule has 0 aliphatic carbocycles. The lowest BCUT2D eigenvalue weighted by atomic mass is 10.2. The quantitative estimate of drug-likeness (QED) is 0.340. The average molecular weight is 351 g/mol. The molecule has 0 fully saturated rings. The zero-order valence-electron chi connectivity index (χ0n) is 18.0. The molecule has 0 amide bonds. The fraction of sp³-hybridized carbons (Fsp3) is 0.818. The van der Waals surface area contributed by atoms with Gasteiger partial charge in [0, 0.05) is 45.3 Å². The minimum absolute atomic E-state index is 1.08. The molecule has 0 unspecified atom stereocenters. The molecule has 0 bridgehead atoms. The number of rotatable bonds is 16. The molecular formula is C22H44N3. The number of allylic oxidation sites excluding steroid dienone is 1. The first kappa shape index (κ1) is 23.9. The van der Waals surface area contributed by atoms with Crippen LogP contribution < -0.4 is 0 Å². The monoisotopic (exact) mass is 350 g/mol. The summed E-state index contributed by atoms with van der Waals surface area (Å²) in [4.78, 5) is 7.66. The summed E-state index contributed by atoms with van der Waals surface area (Å²) in [6.45, 7) is 24.3. The van der Waals surface area contributed by atoms with Crippen molar-refractivity contribution in [2.45, 2.75) is 80.1 Å². The van der Waals surface area contributed by atoms with Gasteiger partial charge in [-0.05, 0) is 38.5 Å². The predicted octanol–water partition coefficient (Wildman–Crippen LogP) is 5.51. The van der Waals surface area contributed by atoms with Crippen molar-refractivity contribution < 1.29 is 0 Å². The summed E-state index contributed by atoms with van der Waals surface area (Å²) in [5.41, 5.74) is 1.22. The minimum atomic E-state index is 1.08. The first-order valence-electron chi connectivity index (χ1n) is 10.7. The van der Waals surface area contributed by atoms with Gasteiger partial charge in [0.05, 0.1) is 5.70 Å². The third-order valence-electron chi connectivity index (χ3n) is 4.26. The molecular weight excluding hydrogens is 306 g/mol. The van der Waals surface area contributed by atoms with Gasteiger partial charge < -0.3 is 14.7 Å². The van der Waals surface area contributed by atoms with Gasteiger partial charge in [-0.2, -0.15) is 0 Å². The zero-order chi connectivity index (χ0) is 19.1. The maximum atomic E-state index is 4.09. The Balaban J connectivity index is 6.14. The van der Waals surface area contributed by atoms with Gasteiger partial charge >= 0.3 is 0 Å². The van der Waals surface area contributed by atoms with Gasteiger partial charge in [-0.3, -0.25) is 0 Å². The van der Waals surface area contributed by atoms with E-state index in [0.717, 1.165) is 52.1 Å². The van der Waals surface area contributed by atoms with E-state index in [1.807, 2.05) is 0 Å². The Morgan fingerprint density at radius 3 is 1.08 bits per heavy atom. The summed E-state index contributed by atoms with van der Waals surface area (Å²) in [5, 5.41) is 0. The van der Waals surface area contributed by atoms with Crippen molar-refractivity contribution in [3.63, 3.8) is 0 Å². The van der Waals surface area contributed by atoms with Crippen LogP contribution in [0.15, 0.2) is 18.1 Å². The summed E-state index contributed by atoms with van der Waals surface area (Å²) in [6.07, 6.45) is 10.3. The van der Waals surface area contributed by atoms with E-state index in [0.29, 0.717) is 0 Å². The molecule has 0 rings (SSSR count). The van der Waals surface area contributed by atoms with Crippen molar-refractivity contribution >= 4 is 0 Å². The number of hydrogen-bond acceptors (Lipinski definition) is 3. The fourth-order valence-corrected chi connectivity index (χ4v) is 3.43. The van der Waals surface area contributed by atoms with Crippen LogP contribution in [0.4, 0.5) is 0 Å². The highest BCUT2D eigenvalue weighted by molar-refractivity contribution is 5.18. The molecule has 1 radical (unpaired) electrons. The predicted molar refractivity (Wildman–Crippen MR) is 112 cm³/mol. The lowest BCUT2D eigenvalue weighted by Gasteiger charge is -2.40.